The third kappa shape index (κ3) is 4.62. The number of para-hydroxylation sites is 1. The summed E-state index contributed by atoms with van der Waals surface area (Å²) in [7, 11) is -2.55. The molecule has 4 rings (SSSR count). The first-order valence-corrected chi connectivity index (χ1v) is 12.1. The number of halogens is 1. The number of esters is 1. The van der Waals surface area contributed by atoms with Crippen LogP contribution in [0.15, 0.2) is 57.9 Å². The molecule has 0 N–H and O–H groups in total. The van der Waals surface area contributed by atoms with Crippen LogP contribution in [0, 0.1) is 5.82 Å². The summed E-state index contributed by atoms with van der Waals surface area (Å²) in [6.45, 7) is 2.91. The lowest BCUT2D eigenvalue weighted by atomic mass is 10.1. The lowest BCUT2D eigenvalue weighted by Gasteiger charge is -2.35. The van der Waals surface area contributed by atoms with Crippen LogP contribution in [0.3, 0.4) is 0 Å². The minimum atomic E-state index is -3.93. The fourth-order valence-corrected chi connectivity index (χ4v) is 5.36. The maximum atomic E-state index is 14.1. The van der Waals surface area contributed by atoms with Gasteiger partial charge in [0.2, 0.25) is 10.0 Å². The minimum absolute atomic E-state index is 0.0126. The number of nitrogens with zero attached hydrogens (tertiary/aromatic N) is 3. The van der Waals surface area contributed by atoms with Crippen molar-refractivity contribution in [1.82, 2.24) is 9.46 Å². The Labute approximate surface area is 196 Å². The molecular formula is C23H24FN3O6S. The van der Waals surface area contributed by atoms with E-state index in [1.54, 1.807) is 31.2 Å². The second-order valence-corrected chi connectivity index (χ2v) is 9.41. The van der Waals surface area contributed by atoms with Gasteiger partial charge in [0.25, 0.3) is 0 Å². The van der Waals surface area contributed by atoms with E-state index in [1.165, 1.54) is 35.7 Å². The third-order valence-corrected chi connectivity index (χ3v) is 7.41. The van der Waals surface area contributed by atoms with Crippen molar-refractivity contribution in [3.8, 4) is 17.1 Å². The summed E-state index contributed by atoms with van der Waals surface area (Å²) in [5.74, 6) is -0.592. The van der Waals surface area contributed by atoms with Crippen LogP contribution in [0.2, 0.25) is 0 Å². The van der Waals surface area contributed by atoms with Crippen LogP contribution in [0.1, 0.15) is 17.4 Å². The van der Waals surface area contributed by atoms with Crippen molar-refractivity contribution < 1.29 is 31.6 Å². The summed E-state index contributed by atoms with van der Waals surface area (Å²) in [4.78, 5) is 13.7. The summed E-state index contributed by atoms with van der Waals surface area (Å²) in [5.41, 5.74) is 0.843. The van der Waals surface area contributed by atoms with Gasteiger partial charge in [0.05, 0.1) is 19.4 Å². The number of anilines is 1. The summed E-state index contributed by atoms with van der Waals surface area (Å²) >= 11 is 0. The van der Waals surface area contributed by atoms with E-state index in [9.17, 15) is 17.6 Å². The van der Waals surface area contributed by atoms with Crippen LogP contribution in [0.4, 0.5) is 10.1 Å². The van der Waals surface area contributed by atoms with Gasteiger partial charge in [-0.2, -0.15) is 4.31 Å². The average Bonchev–Trinajstić information content (AvgIpc) is 3.35. The molecule has 0 unspecified atom stereocenters. The van der Waals surface area contributed by atoms with E-state index in [0.717, 1.165) is 0 Å². The molecule has 11 heteroatoms. The molecule has 1 aromatic heterocycles. The molecule has 0 bridgehead atoms. The first-order valence-electron chi connectivity index (χ1n) is 10.7. The molecule has 0 saturated carbocycles. The topological polar surface area (TPSA) is 102 Å². The first-order chi connectivity index (χ1) is 16.3. The second kappa shape index (κ2) is 9.82. The molecule has 1 saturated heterocycles. The van der Waals surface area contributed by atoms with Crippen molar-refractivity contribution >= 4 is 21.7 Å². The number of benzene rings is 2. The van der Waals surface area contributed by atoms with Gasteiger partial charge in [-0.1, -0.05) is 17.3 Å². The van der Waals surface area contributed by atoms with Crippen molar-refractivity contribution in [3.63, 3.8) is 0 Å². The molecule has 0 atom stereocenters. The molecule has 0 radical (unpaired) electrons. The largest absolute Gasteiger partial charge is 0.495 e. The molecule has 0 aliphatic carbocycles. The lowest BCUT2D eigenvalue weighted by molar-refractivity contribution is 0.0514. The zero-order chi connectivity index (χ0) is 24.3. The number of sulfonamides is 1. The van der Waals surface area contributed by atoms with Gasteiger partial charge in [-0.15, -0.1) is 0 Å². The van der Waals surface area contributed by atoms with Crippen LogP contribution in [0.25, 0.3) is 11.3 Å². The van der Waals surface area contributed by atoms with Gasteiger partial charge in [0, 0.05) is 37.8 Å². The number of carbonyl (C=O) groups is 1. The normalized spacial score (nSPS) is 14.7. The van der Waals surface area contributed by atoms with Crippen LogP contribution in [-0.2, 0) is 14.8 Å². The zero-order valence-corrected chi connectivity index (χ0v) is 19.5. The molecular weight excluding hydrogens is 465 g/mol. The quantitative estimate of drug-likeness (QED) is 0.467. The summed E-state index contributed by atoms with van der Waals surface area (Å²) in [6.07, 6.45) is 0. The van der Waals surface area contributed by atoms with Crippen LogP contribution in [0.5, 0.6) is 5.75 Å². The second-order valence-electron chi connectivity index (χ2n) is 7.51. The van der Waals surface area contributed by atoms with E-state index in [1.807, 2.05) is 4.90 Å². The van der Waals surface area contributed by atoms with Crippen LogP contribution < -0.4 is 9.64 Å². The van der Waals surface area contributed by atoms with Crippen molar-refractivity contribution in [1.29, 1.82) is 0 Å². The van der Waals surface area contributed by atoms with Gasteiger partial charge in [-0.05, 0) is 37.3 Å². The van der Waals surface area contributed by atoms with Crippen molar-refractivity contribution in [2.45, 2.75) is 11.8 Å². The molecule has 180 valence electrons. The van der Waals surface area contributed by atoms with E-state index < -0.39 is 16.0 Å². The Morgan fingerprint density at radius 2 is 1.85 bits per heavy atom. The molecule has 0 spiro atoms. The fraction of sp³-hybridized carbons (Fsp3) is 0.304. The Kier molecular flexibility index (Phi) is 6.85. The number of hydrogen-bond acceptors (Lipinski definition) is 8. The van der Waals surface area contributed by atoms with Crippen LogP contribution in [-0.4, -0.2) is 63.7 Å². The van der Waals surface area contributed by atoms with E-state index in [2.05, 4.69) is 5.16 Å². The van der Waals surface area contributed by atoms with E-state index in [0.29, 0.717) is 24.3 Å². The van der Waals surface area contributed by atoms with Gasteiger partial charge < -0.3 is 18.9 Å². The van der Waals surface area contributed by atoms with Crippen molar-refractivity contribution in [3.05, 3.63) is 60.0 Å². The molecule has 1 aliphatic heterocycles. The molecule has 3 aromatic rings. The van der Waals surface area contributed by atoms with Crippen LogP contribution >= 0.6 is 0 Å². The standard InChI is InChI=1S/C23H24FN3O6S/c1-3-32-23(28)18-15-21(33-25-18)16-8-9-20(31-2)22(14-16)34(29,30)27-12-10-26(11-13-27)19-7-5-4-6-17(19)24/h4-9,14-15H,3,10-13H2,1-2H3. The highest BCUT2D eigenvalue weighted by molar-refractivity contribution is 7.89. The molecule has 34 heavy (non-hydrogen) atoms. The van der Waals surface area contributed by atoms with E-state index in [-0.39, 0.29) is 47.6 Å². The number of rotatable bonds is 7. The third-order valence-electron chi connectivity index (χ3n) is 5.49. The maximum absolute atomic E-state index is 14.1. The number of aromatic nitrogens is 1. The number of piperazine rings is 1. The van der Waals surface area contributed by atoms with Gasteiger partial charge in [0.1, 0.15) is 16.5 Å². The Morgan fingerprint density at radius 3 is 2.53 bits per heavy atom. The molecule has 1 fully saturated rings. The maximum Gasteiger partial charge on any atom is 0.360 e. The fourth-order valence-electron chi connectivity index (χ4n) is 3.76. The molecule has 1 aliphatic rings. The molecule has 2 heterocycles. The SMILES string of the molecule is CCOC(=O)c1cc(-c2ccc(OC)c(S(=O)(=O)N3CCN(c4ccccc4F)CC3)c2)on1. The Morgan fingerprint density at radius 1 is 1.12 bits per heavy atom. The lowest BCUT2D eigenvalue weighted by Crippen LogP contribution is -2.49. The molecule has 2 aromatic carbocycles. The number of hydrogen-bond donors (Lipinski definition) is 0. The number of ether oxygens (including phenoxy) is 2. The van der Waals surface area contributed by atoms with Crippen molar-refractivity contribution in [2.24, 2.45) is 0 Å². The van der Waals surface area contributed by atoms with Gasteiger partial charge in [-0.3, -0.25) is 0 Å². The summed E-state index contributed by atoms with van der Waals surface area (Å²) < 4.78 is 57.9. The smallest absolute Gasteiger partial charge is 0.360 e. The van der Waals surface area contributed by atoms with Gasteiger partial charge >= 0.3 is 5.97 Å². The monoisotopic (exact) mass is 489 g/mol. The molecule has 0 amide bonds. The van der Waals surface area contributed by atoms with E-state index in [4.69, 9.17) is 14.0 Å². The predicted octanol–water partition coefficient (Wildman–Crippen LogP) is 3.18. The predicted molar refractivity (Wildman–Crippen MR) is 122 cm³/mol. The van der Waals surface area contributed by atoms with Gasteiger partial charge in [0.15, 0.2) is 11.5 Å². The summed E-state index contributed by atoms with van der Waals surface area (Å²) in [6, 6.07) is 12.4. The number of carbonyl (C=O) groups excluding carboxylic acids is 1. The summed E-state index contributed by atoms with van der Waals surface area (Å²) in [5, 5.41) is 3.70. The van der Waals surface area contributed by atoms with E-state index >= 15 is 0 Å². The Hall–Kier alpha value is -3.44. The average molecular weight is 490 g/mol. The Bertz CT molecular complexity index is 1290. The zero-order valence-electron chi connectivity index (χ0n) is 18.7. The minimum Gasteiger partial charge on any atom is -0.495 e. The highest BCUT2D eigenvalue weighted by Crippen LogP contribution is 2.33. The number of methoxy groups -OCH3 is 1. The first kappa shape index (κ1) is 23.7. The Balaban J connectivity index is 1.58. The molecule has 9 nitrogen and oxygen atoms in total. The van der Waals surface area contributed by atoms with Gasteiger partial charge in [-0.25, -0.2) is 17.6 Å². The van der Waals surface area contributed by atoms with Crippen molar-refractivity contribution in [2.75, 3.05) is 44.8 Å². The highest BCUT2D eigenvalue weighted by Gasteiger charge is 2.32. The highest BCUT2D eigenvalue weighted by atomic mass is 32.2.